The van der Waals surface area contributed by atoms with Gasteiger partial charge in [-0.1, -0.05) is 48.7 Å². The third kappa shape index (κ3) is 4.82. The maximum absolute atomic E-state index is 11.7. The minimum absolute atomic E-state index is 0.172. The highest BCUT2D eigenvalue weighted by molar-refractivity contribution is 6.30. The minimum Gasteiger partial charge on any atom is -0.337 e. The van der Waals surface area contributed by atoms with Crippen LogP contribution in [0.25, 0.3) is 34.1 Å². The van der Waals surface area contributed by atoms with Gasteiger partial charge in [-0.15, -0.1) is 0 Å². The van der Waals surface area contributed by atoms with Crippen LogP contribution in [0.3, 0.4) is 0 Å². The number of imidazole rings is 1. The summed E-state index contributed by atoms with van der Waals surface area (Å²) in [6, 6.07) is 7.94. The molecule has 1 atom stereocenters. The van der Waals surface area contributed by atoms with E-state index in [1.54, 1.807) is 0 Å². The van der Waals surface area contributed by atoms with Crippen molar-refractivity contribution in [2.45, 2.75) is 52.1 Å². The molecule has 1 aliphatic carbocycles. The zero-order valence-corrected chi connectivity index (χ0v) is 22.8. The highest BCUT2D eigenvalue weighted by Crippen LogP contribution is 2.37. The van der Waals surface area contributed by atoms with Gasteiger partial charge < -0.3 is 14.4 Å². The average Bonchev–Trinajstić information content (AvgIpc) is 3.48. The lowest BCUT2D eigenvalue weighted by Crippen LogP contribution is -2.51. The van der Waals surface area contributed by atoms with E-state index in [-0.39, 0.29) is 11.6 Å². The third-order valence-corrected chi connectivity index (χ3v) is 8.23. The fourth-order valence-electron chi connectivity index (χ4n) is 5.89. The molecule has 10 nitrogen and oxygen atoms in total. The van der Waals surface area contributed by atoms with Gasteiger partial charge in [0.1, 0.15) is 11.2 Å². The van der Waals surface area contributed by atoms with E-state index in [9.17, 15) is 4.79 Å². The van der Waals surface area contributed by atoms with Crippen LogP contribution in [0.1, 0.15) is 39.5 Å². The Morgan fingerprint density at radius 2 is 1.92 bits per heavy atom. The average molecular weight is 537 g/mol. The summed E-state index contributed by atoms with van der Waals surface area (Å²) in [6.45, 7) is 8.26. The van der Waals surface area contributed by atoms with Crippen LogP contribution in [0.5, 0.6) is 0 Å². The number of aromatic amines is 1. The number of halogens is 1. The van der Waals surface area contributed by atoms with Gasteiger partial charge in [-0.2, -0.15) is 4.98 Å². The molecule has 1 saturated carbocycles. The van der Waals surface area contributed by atoms with Crippen molar-refractivity contribution >= 4 is 28.7 Å². The van der Waals surface area contributed by atoms with Gasteiger partial charge in [0, 0.05) is 42.8 Å². The summed E-state index contributed by atoms with van der Waals surface area (Å²) < 4.78 is 7.09. The molecule has 0 amide bonds. The standard InChI is InChI=1S/C27H33ClN8O2/c1-16-7-9-18(10-8-16)15-36-22-21(19-5-4-6-20(28)13-19)29-24(25-32-27(37)38-33-25)30-23(22)31-26(36)35-12-11-34(3)14-17(35)2/h4-6,13,16-18H,7-12,14-15H2,1-3H3,(H,32,33,37). The SMILES string of the molecule is CC1CCC(Cn2c(N3CCN(C)CC3C)nc3nc(-c4noc(=O)[nH]4)nc(-c4cccc(Cl)c4)c32)CC1. The Hall–Kier alpha value is -3.24. The van der Waals surface area contributed by atoms with Crippen LogP contribution in [-0.4, -0.2) is 67.3 Å². The first-order chi connectivity index (χ1) is 18.4. The highest BCUT2D eigenvalue weighted by atomic mass is 35.5. The normalized spacial score (nSPS) is 22.8. The molecule has 0 bridgehead atoms. The van der Waals surface area contributed by atoms with Crippen LogP contribution < -0.4 is 10.7 Å². The van der Waals surface area contributed by atoms with Gasteiger partial charge in [0.25, 0.3) is 0 Å². The number of piperazine rings is 1. The summed E-state index contributed by atoms with van der Waals surface area (Å²) in [5.41, 5.74) is 3.01. The van der Waals surface area contributed by atoms with E-state index in [2.05, 4.69) is 45.4 Å². The third-order valence-electron chi connectivity index (χ3n) is 8.00. The molecule has 0 radical (unpaired) electrons. The van der Waals surface area contributed by atoms with E-state index >= 15 is 0 Å². The van der Waals surface area contributed by atoms with Gasteiger partial charge in [0.2, 0.25) is 17.6 Å². The number of fused-ring (bicyclic) bond motifs is 1. The zero-order valence-electron chi connectivity index (χ0n) is 22.0. The van der Waals surface area contributed by atoms with Crippen molar-refractivity contribution in [2.75, 3.05) is 31.6 Å². The Bertz CT molecular complexity index is 1500. The number of aromatic nitrogens is 6. The fraction of sp³-hybridized carbons (Fsp3) is 0.519. The number of anilines is 1. The quantitative estimate of drug-likeness (QED) is 0.398. The molecule has 11 heteroatoms. The second-order valence-electron chi connectivity index (χ2n) is 11.0. The summed E-state index contributed by atoms with van der Waals surface area (Å²) in [6.07, 6.45) is 4.89. The van der Waals surface area contributed by atoms with Gasteiger partial charge >= 0.3 is 5.76 Å². The van der Waals surface area contributed by atoms with Crippen molar-refractivity contribution in [2.24, 2.45) is 11.8 Å². The molecule has 4 aromatic rings. The van der Waals surface area contributed by atoms with E-state index in [0.29, 0.717) is 28.3 Å². The molecule has 6 rings (SSSR count). The molecule has 1 N–H and O–H groups in total. The lowest BCUT2D eigenvalue weighted by atomic mass is 9.83. The van der Waals surface area contributed by atoms with Gasteiger partial charge in [0.15, 0.2) is 5.65 Å². The zero-order chi connectivity index (χ0) is 26.4. The summed E-state index contributed by atoms with van der Waals surface area (Å²) >= 11 is 6.42. The monoisotopic (exact) mass is 536 g/mol. The Labute approximate surface area is 226 Å². The number of hydrogen-bond acceptors (Lipinski definition) is 8. The molecule has 0 spiro atoms. The van der Waals surface area contributed by atoms with Crippen LogP contribution in [0, 0.1) is 11.8 Å². The largest absolute Gasteiger partial charge is 0.439 e. The molecule has 200 valence electrons. The molecule has 1 unspecified atom stereocenters. The van der Waals surface area contributed by atoms with E-state index in [4.69, 9.17) is 31.1 Å². The first-order valence-electron chi connectivity index (χ1n) is 13.4. The maximum Gasteiger partial charge on any atom is 0.439 e. The van der Waals surface area contributed by atoms with E-state index in [0.717, 1.165) is 49.1 Å². The van der Waals surface area contributed by atoms with Gasteiger partial charge in [0.05, 0.1) is 0 Å². The van der Waals surface area contributed by atoms with E-state index in [1.165, 1.54) is 25.7 Å². The topological polar surface area (TPSA) is 109 Å². The molecule has 1 aromatic carbocycles. The molecule has 2 fully saturated rings. The number of hydrogen-bond donors (Lipinski definition) is 1. The number of benzene rings is 1. The molecule has 2 aliphatic rings. The number of likely N-dealkylation sites (N-methyl/N-ethyl adjacent to an activating group) is 1. The summed E-state index contributed by atoms with van der Waals surface area (Å²) in [5, 5.41) is 4.46. The Morgan fingerprint density at radius 3 is 2.63 bits per heavy atom. The minimum atomic E-state index is -0.656. The van der Waals surface area contributed by atoms with E-state index < -0.39 is 5.76 Å². The number of rotatable bonds is 5. The van der Waals surface area contributed by atoms with Crippen LogP contribution in [-0.2, 0) is 6.54 Å². The Morgan fingerprint density at radius 1 is 1.11 bits per heavy atom. The molecule has 38 heavy (non-hydrogen) atoms. The van der Waals surface area contributed by atoms with Crippen LogP contribution in [0.4, 0.5) is 5.95 Å². The highest BCUT2D eigenvalue weighted by Gasteiger charge is 2.30. The second-order valence-corrected chi connectivity index (χ2v) is 11.4. The van der Waals surface area contributed by atoms with E-state index in [1.807, 2.05) is 24.3 Å². The number of H-pyrrole nitrogens is 1. The van der Waals surface area contributed by atoms with Crippen molar-refractivity contribution in [3.05, 3.63) is 39.8 Å². The summed E-state index contributed by atoms with van der Waals surface area (Å²) in [5.74, 6) is 2.03. The molecular weight excluding hydrogens is 504 g/mol. The van der Waals surface area contributed by atoms with Crippen molar-refractivity contribution in [1.29, 1.82) is 0 Å². The van der Waals surface area contributed by atoms with Crippen molar-refractivity contribution < 1.29 is 4.52 Å². The maximum atomic E-state index is 11.7. The van der Waals surface area contributed by atoms with Crippen LogP contribution in [0.15, 0.2) is 33.6 Å². The molecule has 1 aliphatic heterocycles. The van der Waals surface area contributed by atoms with Gasteiger partial charge in [-0.25, -0.2) is 14.8 Å². The molecule has 1 saturated heterocycles. The number of nitrogens with zero attached hydrogens (tertiary/aromatic N) is 7. The molecule has 3 aromatic heterocycles. The first-order valence-corrected chi connectivity index (χ1v) is 13.8. The molecule has 4 heterocycles. The lowest BCUT2D eigenvalue weighted by Gasteiger charge is -2.39. The lowest BCUT2D eigenvalue weighted by molar-refractivity contribution is 0.258. The first kappa shape index (κ1) is 25.1. The Kier molecular flexibility index (Phi) is 6.69. The van der Waals surface area contributed by atoms with Gasteiger partial charge in [-0.05, 0) is 50.8 Å². The van der Waals surface area contributed by atoms with Crippen molar-refractivity contribution in [3.63, 3.8) is 0 Å². The Balaban J connectivity index is 1.57. The predicted octanol–water partition coefficient (Wildman–Crippen LogP) is 4.46. The second kappa shape index (κ2) is 10.1. The summed E-state index contributed by atoms with van der Waals surface area (Å²) in [4.78, 5) is 33.9. The van der Waals surface area contributed by atoms with Gasteiger partial charge in [-0.3, -0.25) is 9.51 Å². The van der Waals surface area contributed by atoms with Crippen LogP contribution >= 0.6 is 11.6 Å². The fourth-order valence-corrected chi connectivity index (χ4v) is 6.08. The van der Waals surface area contributed by atoms with Crippen molar-refractivity contribution in [3.8, 4) is 22.9 Å². The molecular formula is C27H33ClN8O2. The number of nitrogens with one attached hydrogen (secondary N) is 1. The predicted molar refractivity (Wildman–Crippen MR) is 147 cm³/mol. The smallest absolute Gasteiger partial charge is 0.337 e. The summed E-state index contributed by atoms with van der Waals surface area (Å²) in [7, 11) is 2.16. The van der Waals surface area contributed by atoms with Crippen molar-refractivity contribution in [1.82, 2.24) is 34.6 Å². The van der Waals surface area contributed by atoms with Crippen LogP contribution in [0.2, 0.25) is 5.02 Å².